The molecule has 4 fully saturated rings. The van der Waals surface area contributed by atoms with E-state index in [1.54, 1.807) is 12.1 Å². The molecule has 178 valence electrons. The van der Waals surface area contributed by atoms with E-state index in [9.17, 15) is 10.1 Å². The molecule has 1 N–H and O–H groups in total. The molecule has 4 bridgehead atoms. The monoisotopic (exact) mass is 473 g/mol. The van der Waals surface area contributed by atoms with Gasteiger partial charge in [-0.05, 0) is 86.6 Å². The van der Waals surface area contributed by atoms with Crippen molar-refractivity contribution in [2.24, 2.45) is 17.8 Å². The van der Waals surface area contributed by atoms with E-state index in [1.807, 2.05) is 47.3 Å². The number of hydrogen-bond acceptors (Lipinski definition) is 4. The Morgan fingerprint density at radius 1 is 1.00 bits per heavy atom. The summed E-state index contributed by atoms with van der Waals surface area (Å²) in [4.78, 5) is 20.2. The number of nitrogens with one attached hydrogen (secondary N) is 1. The number of H-pyrrole nitrogens is 1. The first-order chi connectivity index (χ1) is 17.6. The second-order valence-electron chi connectivity index (χ2n) is 11.0. The van der Waals surface area contributed by atoms with Gasteiger partial charge in [-0.15, -0.1) is 0 Å². The van der Waals surface area contributed by atoms with Gasteiger partial charge in [0, 0.05) is 17.2 Å². The number of nitriles is 1. The number of fused-ring (bicyclic) bond motifs is 1. The van der Waals surface area contributed by atoms with Crippen LogP contribution in [0.1, 0.15) is 55.6 Å². The van der Waals surface area contributed by atoms with Gasteiger partial charge in [0.1, 0.15) is 6.07 Å². The van der Waals surface area contributed by atoms with Crippen LogP contribution in [-0.4, -0.2) is 19.7 Å². The van der Waals surface area contributed by atoms with Crippen LogP contribution < -0.4 is 5.56 Å². The molecule has 6 nitrogen and oxygen atoms in total. The Labute approximate surface area is 209 Å². The Hall–Kier alpha value is -3.98. The minimum atomic E-state index is -0.238. The number of rotatable bonds is 4. The molecule has 2 aromatic heterocycles. The molecule has 0 saturated heterocycles. The Balaban J connectivity index is 1.39. The number of aromatic amines is 1. The van der Waals surface area contributed by atoms with Crippen molar-refractivity contribution in [1.29, 1.82) is 5.26 Å². The van der Waals surface area contributed by atoms with Gasteiger partial charge in [0.25, 0.3) is 5.56 Å². The van der Waals surface area contributed by atoms with Crippen LogP contribution in [0.25, 0.3) is 28.2 Å². The highest BCUT2D eigenvalue weighted by Gasteiger charge is 2.53. The highest BCUT2D eigenvalue weighted by molar-refractivity contribution is 5.89. The zero-order valence-corrected chi connectivity index (χ0v) is 20.0. The molecule has 0 spiro atoms. The van der Waals surface area contributed by atoms with Crippen molar-refractivity contribution in [1.82, 2.24) is 19.7 Å². The van der Waals surface area contributed by atoms with Crippen LogP contribution in [0, 0.1) is 29.1 Å². The van der Waals surface area contributed by atoms with Gasteiger partial charge in [0.2, 0.25) is 0 Å². The van der Waals surface area contributed by atoms with E-state index in [4.69, 9.17) is 5.10 Å². The zero-order valence-electron chi connectivity index (χ0n) is 20.0. The first kappa shape index (κ1) is 21.3. The molecule has 0 atom stereocenters. The molecule has 8 rings (SSSR count). The largest absolute Gasteiger partial charge is 0.305 e. The van der Waals surface area contributed by atoms with E-state index in [1.165, 1.54) is 38.5 Å². The average Bonchev–Trinajstić information content (AvgIpc) is 3.32. The van der Waals surface area contributed by atoms with Crippen molar-refractivity contribution < 1.29 is 0 Å². The molecule has 4 aliphatic carbocycles. The van der Waals surface area contributed by atoms with E-state index in [0.29, 0.717) is 22.3 Å². The summed E-state index contributed by atoms with van der Waals surface area (Å²) in [5, 5.41) is 15.9. The molecule has 0 amide bonds. The van der Waals surface area contributed by atoms with Crippen LogP contribution in [0.15, 0.2) is 65.6 Å². The Morgan fingerprint density at radius 2 is 1.67 bits per heavy atom. The Morgan fingerprint density at radius 3 is 2.36 bits per heavy atom. The fraction of sp³-hybridized carbons (Fsp3) is 0.333. The van der Waals surface area contributed by atoms with E-state index < -0.39 is 0 Å². The van der Waals surface area contributed by atoms with Gasteiger partial charge in [-0.1, -0.05) is 30.3 Å². The first-order valence-corrected chi connectivity index (χ1v) is 12.9. The fourth-order valence-electron chi connectivity index (χ4n) is 7.54. The Bertz CT molecular complexity index is 1570. The van der Waals surface area contributed by atoms with Crippen molar-refractivity contribution in [3.05, 3.63) is 88.2 Å². The van der Waals surface area contributed by atoms with Crippen molar-refractivity contribution in [3.8, 4) is 11.8 Å². The van der Waals surface area contributed by atoms with Gasteiger partial charge in [0.05, 0.1) is 27.9 Å². The second-order valence-corrected chi connectivity index (χ2v) is 11.0. The van der Waals surface area contributed by atoms with Crippen LogP contribution in [-0.2, 0) is 5.41 Å². The molecular weight excluding hydrogens is 446 g/mol. The number of benzene rings is 2. The number of para-hydroxylation sites is 2. The van der Waals surface area contributed by atoms with Crippen LogP contribution in [0.4, 0.5) is 0 Å². The molecule has 36 heavy (non-hydrogen) atoms. The van der Waals surface area contributed by atoms with E-state index >= 15 is 0 Å². The summed E-state index contributed by atoms with van der Waals surface area (Å²) >= 11 is 0. The third-order valence-electron chi connectivity index (χ3n) is 8.59. The minimum Gasteiger partial charge on any atom is -0.305 e. The lowest BCUT2D eigenvalue weighted by Crippen LogP contribution is -2.49. The number of allylic oxidation sites excluding steroid dienone is 1. The summed E-state index contributed by atoms with van der Waals surface area (Å²) in [6.07, 6.45) is 11.5. The van der Waals surface area contributed by atoms with Crippen molar-refractivity contribution in [2.45, 2.75) is 43.9 Å². The van der Waals surface area contributed by atoms with E-state index in [-0.39, 0.29) is 11.0 Å². The molecule has 6 heteroatoms. The lowest BCUT2D eigenvalue weighted by Gasteiger charge is -2.56. The third kappa shape index (κ3) is 3.42. The predicted octanol–water partition coefficient (Wildman–Crippen LogP) is 5.64. The highest BCUT2D eigenvalue weighted by Crippen LogP contribution is 2.61. The maximum absolute atomic E-state index is 12.7. The summed E-state index contributed by atoms with van der Waals surface area (Å²) in [6.45, 7) is 0. The van der Waals surface area contributed by atoms with Gasteiger partial charge < -0.3 is 4.98 Å². The van der Waals surface area contributed by atoms with Crippen molar-refractivity contribution in [3.63, 3.8) is 0 Å². The quantitative estimate of drug-likeness (QED) is 0.389. The van der Waals surface area contributed by atoms with Crippen LogP contribution in [0.3, 0.4) is 0 Å². The molecule has 2 aromatic carbocycles. The molecule has 4 saturated carbocycles. The van der Waals surface area contributed by atoms with Gasteiger partial charge >= 0.3 is 0 Å². The minimum absolute atomic E-state index is 0.0609. The normalized spacial score (nSPS) is 26.9. The summed E-state index contributed by atoms with van der Waals surface area (Å²) in [7, 11) is 0. The topological polar surface area (TPSA) is 87.4 Å². The standard InChI is InChI=1S/C30H27N5O/c31-17-22(28-32-26-9-5-4-8-25(26)29(36)33-28)13-23-18-35(24-6-2-1-3-7-24)34-27(23)30-14-19-10-20(15-30)12-21(11-19)16-30/h1-9,13,18-21H,10-12,14-16H2,(H,32,33,36)/b22-13-. The van der Waals surface area contributed by atoms with Crippen LogP contribution in [0.5, 0.6) is 0 Å². The fourth-order valence-corrected chi connectivity index (χ4v) is 7.54. The lowest BCUT2D eigenvalue weighted by atomic mass is 9.48. The summed E-state index contributed by atoms with van der Waals surface area (Å²) in [5.74, 6) is 2.64. The average molecular weight is 474 g/mol. The molecule has 0 aliphatic heterocycles. The SMILES string of the molecule is N#C/C(=C/c1cn(-c2ccccc2)nc1C12CC3CC(CC(C3)C1)C2)c1nc2ccccc2c(=O)[nH]1. The molecule has 2 heterocycles. The molecule has 0 radical (unpaired) electrons. The van der Waals surface area contributed by atoms with Crippen LogP contribution in [0.2, 0.25) is 0 Å². The Kier molecular flexibility index (Phi) is 4.75. The summed E-state index contributed by atoms with van der Waals surface area (Å²) < 4.78 is 1.95. The summed E-state index contributed by atoms with van der Waals surface area (Å²) in [5.41, 5.74) is 3.80. The van der Waals surface area contributed by atoms with Crippen LogP contribution >= 0.6 is 0 Å². The molecule has 4 aliphatic rings. The van der Waals surface area contributed by atoms with Crippen molar-refractivity contribution >= 4 is 22.6 Å². The van der Waals surface area contributed by atoms with E-state index in [2.05, 4.69) is 28.2 Å². The molecule has 0 unspecified atom stereocenters. The lowest BCUT2D eigenvalue weighted by molar-refractivity contribution is -0.00742. The van der Waals surface area contributed by atoms with E-state index in [0.717, 1.165) is 34.7 Å². The number of hydrogen-bond donors (Lipinski definition) is 1. The number of aromatic nitrogens is 4. The van der Waals surface area contributed by atoms with Crippen molar-refractivity contribution in [2.75, 3.05) is 0 Å². The maximum Gasteiger partial charge on any atom is 0.259 e. The highest BCUT2D eigenvalue weighted by atomic mass is 16.1. The maximum atomic E-state index is 12.7. The molecule has 4 aromatic rings. The van der Waals surface area contributed by atoms with Gasteiger partial charge in [-0.3, -0.25) is 4.79 Å². The summed E-state index contributed by atoms with van der Waals surface area (Å²) in [6, 6.07) is 19.7. The second kappa shape index (κ2) is 8.03. The number of nitrogens with zero attached hydrogens (tertiary/aromatic N) is 4. The zero-order chi connectivity index (χ0) is 24.3. The van der Waals surface area contributed by atoms with Gasteiger partial charge in [0.15, 0.2) is 5.82 Å². The first-order valence-electron chi connectivity index (χ1n) is 12.9. The van der Waals surface area contributed by atoms with Gasteiger partial charge in [-0.2, -0.15) is 10.4 Å². The predicted molar refractivity (Wildman–Crippen MR) is 139 cm³/mol. The van der Waals surface area contributed by atoms with Gasteiger partial charge in [-0.25, -0.2) is 9.67 Å². The smallest absolute Gasteiger partial charge is 0.259 e. The molecular formula is C30H27N5O. The third-order valence-corrected chi connectivity index (χ3v) is 8.59.